The molecular weight excluding hydrogens is 226 g/mol. The normalized spacial score (nSPS) is 33.5. The second-order valence-electron chi connectivity index (χ2n) is 7.26. The molecule has 0 saturated carbocycles. The van der Waals surface area contributed by atoms with Gasteiger partial charge in [0.15, 0.2) is 5.96 Å². The van der Waals surface area contributed by atoms with Crippen LogP contribution in [0.5, 0.6) is 0 Å². The topological polar surface area (TPSA) is 50.8 Å². The maximum atomic E-state index is 6.26. The van der Waals surface area contributed by atoms with E-state index in [0.717, 1.165) is 19.5 Å². The quantitative estimate of drug-likeness (QED) is 0.819. The van der Waals surface area contributed by atoms with Crippen molar-refractivity contribution >= 4 is 5.96 Å². The Morgan fingerprint density at radius 2 is 1.94 bits per heavy atom. The SMILES string of the molecule is CC(C)CN1C(N)=NCC12CC(C)(C)OC2(C)C. The van der Waals surface area contributed by atoms with E-state index < -0.39 is 0 Å². The van der Waals surface area contributed by atoms with Gasteiger partial charge in [0.05, 0.1) is 23.3 Å². The average Bonchev–Trinajstić information content (AvgIpc) is 2.53. The average molecular weight is 253 g/mol. The lowest BCUT2D eigenvalue weighted by molar-refractivity contribution is -0.0923. The van der Waals surface area contributed by atoms with E-state index in [-0.39, 0.29) is 16.7 Å². The fraction of sp³-hybridized carbons (Fsp3) is 0.929. The standard InChI is InChI=1S/C14H27N3O/c1-10(2)7-17-11(15)16-9-14(17)8-12(3,4)18-13(14,5)6/h10H,7-9H2,1-6H3,(H2,15,16). The Hall–Kier alpha value is -0.770. The minimum Gasteiger partial charge on any atom is -0.370 e. The third-order valence-corrected chi connectivity index (χ3v) is 4.21. The first-order valence-corrected chi connectivity index (χ1v) is 6.87. The second-order valence-corrected chi connectivity index (χ2v) is 7.26. The fourth-order valence-electron chi connectivity index (χ4n) is 3.64. The lowest BCUT2D eigenvalue weighted by atomic mass is 9.78. The van der Waals surface area contributed by atoms with Gasteiger partial charge in [-0.25, -0.2) is 0 Å². The highest BCUT2D eigenvalue weighted by molar-refractivity contribution is 5.81. The molecule has 1 spiro atoms. The van der Waals surface area contributed by atoms with Gasteiger partial charge in [-0.1, -0.05) is 13.8 Å². The summed E-state index contributed by atoms with van der Waals surface area (Å²) in [6, 6.07) is 0. The Morgan fingerprint density at radius 3 is 2.39 bits per heavy atom. The minimum absolute atomic E-state index is 0.0785. The molecule has 0 aromatic carbocycles. The van der Waals surface area contributed by atoms with Crippen LogP contribution in [0.3, 0.4) is 0 Å². The van der Waals surface area contributed by atoms with Gasteiger partial charge < -0.3 is 15.4 Å². The van der Waals surface area contributed by atoms with Crippen molar-refractivity contribution < 1.29 is 4.74 Å². The Labute approximate surface area is 111 Å². The zero-order chi connectivity index (χ0) is 13.8. The van der Waals surface area contributed by atoms with Crippen molar-refractivity contribution in [3.63, 3.8) is 0 Å². The molecule has 0 aliphatic carbocycles. The third kappa shape index (κ3) is 1.91. The highest BCUT2D eigenvalue weighted by Gasteiger charge is 2.62. The van der Waals surface area contributed by atoms with Gasteiger partial charge in [-0.3, -0.25) is 4.99 Å². The van der Waals surface area contributed by atoms with Gasteiger partial charge in [-0.15, -0.1) is 0 Å². The van der Waals surface area contributed by atoms with Gasteiger partial charge in [-0.05, 0) is 33.6 Å². The second kappa shape index (κ2) is 3.86. The van der Waals surface area contributed by atoms with E-state index >= 15 is 0 Å². The molecule has 0 bridgehead atoms. The summed E-state index contributed by atoms with van der Waals surface area (Å²) in [7, 11) is 0. The molecule has 1 saturated heterocycles. The van der Waals surface area contributed by atoms with Crippen LogP contribution in [-0.2, 0) is 4.74 Å². The van der Waals surface area contributed by atoms with Gasteiger partial charge in [0.2, 0.25) is 0 Å². The largest absolute Gasteiger partial charge is 0.370 e. The van der Waals surface area contributed by atoms with Crippen LogP contribution in [0.2, 0.25) is 0 Å². The zero-order valence-corrected chi connectivity index (χ0v) is 12.6. The van der Waals surface area contributed by atoms with Crippen LogP contribution in [0.4, 0.5) is 0 Å². The van der Waals surface area contributed by atoms with E-state index in [9.17, 15) is 0 Å². The monoisotopic (exact) mass is 253 g/mol. The maximum absolute atomic E-state index is 6.26. The zero-order valence-electron chi connectivity index (χ0n) is 12.6. The molecule has 0 amide bonds. The number of ether oxygens (including phenoxy) is 1. The summed E-state index contributed by atoms with van der Waals surface area (Å²) in [4.78, 5) is 6.79. The molecule has 2 aliphatic heterocycles. The number of guanidine groups is 1. The first-order chi connectivity index (χ1) is 8.10. The van der Waals surface area contributed by atoms with Gasteiger partial charge in [0, 0.05) is 13.0 Å². The third-order valence-electron chi connectivity index (χ3n) is 4.21. The van der Waals surface area contributed by atoms with Crippen LogP contribution >= 0.6 is 0 Å². The molecule has 104 valence electrons. The van der Waals surface area contributed by atoms with Crippen LogP contribution in [0, 0.1) is 5.92 Å². The Morgan fingerprint density at radius 1 is 1.33 bits per heavy atom. The number of aliphatic imine (C=N–C) groups is 1. The van der Waals surface area contributed by atoms with Crippen LogP contribution in [0.1, 0.15) is 48.0 Å². The van der Waals surface area contributed by atoms with Crippen LogP contribution in [0.15, 0.2) is 4.99 Å². The molecule has 0 radical (unpaired) electrons. The van der Waals surface area contributed by atoms with Crippen LogP contribution in [0.25, 0.3) is 0 Å². The fourth-order valence-corrected chi connectivity index (χ4v) is 3.64. The van der Waals surface area contributed by atoms with Crippen molar-refractivity contribution in [2.45, 2.75) is 64.7 Å². The first kappa shape index (κ1) is 13.7. The highest BCUT2D eigenvalue weighted by atomic mass is 16.5. The van der Waals surface area contributed by atoms with Gasteiger partial charge in [0.1, 0.15) is 0 Å². The van der Waals surface area contributed by atoms with E-state index in [1.165, 1.54) is 0 Å². The molecule has 2 heterocycles. The molecule has 1 atom stereocenters. The molecular formula is C14H27N3O. The molecule has 2 rings (SSSR count). The predicted molar refractivity (Wildman–Crippen MR) is 74.6 cm³/mol. The predicted octanol–water partition coefficient (Wildman–Crippen LogP) is 1.99. The smallest absolute Gasteiger partial charge is 0.191 e. The molecule has 1 fully saturated rings. The molecule has 0 aromatic rings. The van der Waals surface area contributed by atoms with Crippen molar-refractivity contribution in [3.05, 3.63) is 0 Å². The Balaban J connectivity index is 2.36. The lowest BCUT2D eigenvalue weighted by Crippen LogP contribution is -2.61. The molecule has 2 N–H and O–H groups in total. The molecule has 18 heavy (non-hydrogen) atoms. The summed E-state index contributed by atoms with van der Waals surface area (Å²) in [5.41, 5.74) is 5.69. The summed E-state index contributed by atoms with van der Waals surface area (Å²) < 4.78 is 6.26. The van der Waals surface area contributed by atoms with E-state index in [2.05, 4.69) is 51.4 Å². The summed E-state index contributed by atoms with van der Waals surface area (Å²) in [6.45, 7) is 14.8. The lowest BCUT2D eigenvalue weighted by Gasteiger charge is -2.44. The summed E-state index contributed by atoms with van der Waals surface area (Å²) >= 11 is 0. The molecule has 4 heteroatoms. The van der Waals surface area contributed by atoms with E-state index in [1.54, 1.807) is 0 Å². The maximum Gasteiger partial charge on any atom is 0.191 e. The van der Waals surface area contributed by atoms with Gasteiger partial charge in [0.25, 0.3) is 0 Å². The Bertz CT molecular complexity index is 373. The number of hydrogen-bond acceptors (Lipinski definition) is 4. The number of nitrogens with two attached hydrogens (primary N) is 1. The molecule has 4 nitrogen and oxygen atoms in total. The van der Waals surface area contributed by atoms with Crippen LogP contribution < -0.4 is 5.73 Å². The molecule has 2 aliphatic rings. The minimum atomic E-state index is -0.226. The summed E-state index contributed by atoms with van der Waals surface area (Å²) in [5.74, 6) is 1.24. The van der Waals surface area contributed by atoms with Crippen molar-refractivity contribution in [1.29, 1.82) is 0 Å². The number of nitrogens with zero attached hydrogens (tertiary/aromatic N) is 2. The summed E-state index contributed by atoms with van der Waals surface area (Å²) in [5, 5.41) is 0. The van der Waals surface area contributed by atoms with E-state index in [4.69, 9.17) is 10.5 Å². The van der Waals surface area contributed by atoms with Crippen molar-refractivity contribution in [1.82, 2.24) is 4.90 Å². The Kier molecular flexibility index (Phi) is 2.93. The van der Waals surface area contributed by atoms with Crippen molar-refractivity contribution in [2.24, 2.45) is 16.6 Å². The highest BCUT2D eigenvalue weighted by Crippen LogP contribution is 2.50. The van der Waals surface area contributed by atoms with E-state index in [0.29, 0.717) is 11.9 Å². The molecule has 1 unspecified atom stereocenters. The van der Waals surface area contributed by atoms with Gasteiger partial charge >= 0.3 is 0 Å². The summed E-state index contributed by atoms with van der Waals surface area (Å²) in [6.07, 6.45) is 0.976. The van der Waals surface area contributed by atoms with Crippen molar-refractivity contribution in [3.8, 4) is 0 Å². The van der Waals surface area contributed by atoms with Crippen LogP contribution in [-0.4, -0.2) is 40.7 Å². The number of rotatable bonds is 2. The molecule has 0 aromatic heterocycles. The number of hydrogen-bond donors (Lipinski definition) is 1. The van der Waals surface area contributed by atoms with E-state index in [1.807, 2.05) is 0 Å². The van der Waals surface area contributed by atoms with Gasteiger partial charge in [-0.2, -0.15) is 0 Å². The van der Waals surface area contributed by atoms with Crippen molar-refractivity contribution in [2.75, 3.05) is 13.1 Å². The first-order valence-electron chi connectivity index (χ1n) is 6.87.